The maximum absolute atomic E-state index is 6.83. The Hall–Kier alpha value is -4.95. The van der Waals surface area contributed by atoms with Crippen molar-refractivity contribution < 1.29 is 4.42 Å². The zero-order chi connectivity index (χ0) is 26.8. The largest absolute Gasteiger partial charge is 0.455 e. The van der Waals surface area contributed by atoms with Gasteiger partial charge in [0.15, 0.2) is 0 Å². The molecule has 2 heterocycles. The summed E-state index contributed by atoms with van der Waals surface area (Å²) in [6, 6.07) is 41.3. The van der Waals surface area contributed by atoms with E-state index in [2.05, 4.69) is 128 Å². The molecule has 2 heteroatoms. The van der Waals surface area contributed by atoms with Gasteiger partial charge in [-0.3, -0.25) is 4.98 Å². The number of furan rings is 1. The summed E-state index contributed by atoms with van der Waals surface area (Å²) >= 11 is 0. The highest BCUT2D eigenvalue weighted by molar-refractivity contribution is 6.14. The highest BCUT2D eigenvalue weighted by atomic mass is 16.3. The van der Waals surface area contributed by atoms with E-state index in [4.69, 9.17) is 4.42 Å². The minimum absolute atomic E-state index is 0.0428. The van der Waals surface area contributed by atoms with E-state index in [-0.39, 0.29) is 5.41 Å². The molecule has 2 aromatic heterocycles. The van der Waals surface area contributed by atoms with Gasteiger partial charge in [0.1, 0.15) is 11.2 Å². The molecule has 0 radical (unpaired) electrons. The van der Waals surface area contributed by atoms with Gasteiger partial charge in [-0.15, -0.1) is 0 Å². The summed E-state index contributed by atoms with van der Waals surface area (Å²) in [5.74, 6) is 0. The summed E-state index contributed by atoms with van der Waals surface area (Å²) in [5.41, 5.74) is 14.1. The van der Waals surface area contributed by atoms with E-state index in [1.807, 2.05) is 12.3 Å². The minimum Gasteiger partial charge on any atom is -0.455 e. The molecule has 0 amide bonds. The topological polar surface area (TPSA) is 26.0 Å². The molecule has 0 unspecified atom stereocenters. The van der Waals surface area contributed by atoms with Crippen molar-refractivity contribution in [3.05, 3.63) is 139 Å². The van der Waals surface area contributed by atoms with Crippen LogP contribution in [0.4, 0.5) is 0 Å². The Morgan fingerprint density at radius 2 is 1.12 bits per heavy atom. The third kappa shape index (κ3) is 3.26. The van der Waals surface area contributed by atoms with Crippen LogP contribution >= 0.6 is 0 Å². The Balaban J connectivity index is 1.32. The van der Waals surface area contributed by atoms with Gasteiger partial charge in [-0.05, 0) is 50.6 Å². The summed E-state index contributed by atoms with van der Waals surface area (Å²) in [5, 5.41) is 2.28. The van der Waals surface area contributed by atoms with E-state index in [9.17, 15) is 0 Å². The van der Waals surface area contributed by atoms with Crippen LogP contribution in [0.15, 0.2) is 132 Å². The number of pyridine rings is 1. The number of fused-ring (bicyclic) bond motifs is 6. The van der Waals surface area contributed by atoms with Gasteiger partial charge in [0.05, 0.1) is 0 Å². The standard InChI is InChI=1S/C38H27NO/c1-38(2)33-16-4-3-10-32(33)35-28(12-7-17-34(35)38)29-13-6-15-31-30-14-5-11-27(36(30)40-37(29)31)25-20-18-24(19-21-25)26-9-8-22-39-23-26/h3-23H,1-2H3. The maximum atomic E-state index is 6.83. The molecule has 1 aliphatic rings. The molecule has 8 rings (SSSR count). The number of hydrogen-bond donors (Lipinski definition) is 0. The molecule has 0 aliphatic heterocycles. The van der Waals surface area contributed by atoms with Gasteiger partial charge in [-0.25, -0.2) is 0 Å². The first-order valence-electron chi connectivity index (χ1n) is 13.8. The fraction of sp³-hybridized carbons (Fsp3) is 0.0789. The van der Waals surface area contributed by atoms with Gasteiger partial charge >= 0.3 is 0 Å². The normalized spacial score (nSPS) is 13.4. The smallest absolute Gasteiger partial charge is 0.143 e. The van der Waals surface area contributed by atoms with Crippen molar-refractivity contribution in [2.75, 3.05) is 0 Å². The average Bonchev–Trinajstić information content (AvgIpc) is 3.51. The number of aromatic nitrogens is 1. The summed E-state index contributed by atoms with van der Waals surface area (Å²) in [4.78, 5) is 4.27. The van der Waals surface area contributed by atoms with Crippen molar-refractivity contribution in [1.82, 2.24) is 4.98 Å². The van der Waals surface area contributed by atoms with Crippen LogP contribution in [0.25, 0.3) is 66.4 Å². The summed E-state index contributed by atoms with van der Waals surface area (Å²) in [6.45, 7) is 4.66. The molecule has 0 fully saturated rings. The van der Waals surface area contributed by atoms with Crippen LogP contribution in [-0.2, 0) is 5.41 Å². The predicted octanol–water partition coefficient (Wildman–Crippen LogP) is 10.3. The lowest BCUT2D eigenvalue weighted by Crippen LogP contribution is -2.14. The van der Waals surface area contributed by atoms with Gasteiger partial charge in [0.2, 0.25) is 0 Å². The van der Waals surface area contributed by atoms with Crippen LogP contribution in [0, 0.1) is 0 Å². The van der Waals surface area contributed by atoms with E-state index < -0.39 is 0 Å². The molecular formula is C38H27NO. The summed E-state index contributed by atoms with van der Waals surface area (Å²) in [6.07, 6.45) is 3.70. The first-order valence-corrected chi connectivity index (χ1v) is 13.8. The lowest BCUT2D eigenvalue weighted by molar-refractivity contribution is 0.660. The van der Waals surface area contributed by atoms with Gasteiger partial charge in [-0.2, -0.15) is 0 Å². The second-order valence-electron chi connectivity index (χ2n) is 11.2. The lowest BCUT2D eigenvalue weighted by Gasteiger charge is -2.21. The molecule has 5 aromatic carbocycles. The number of nitrogens with zero attached hydrogens (tertiary/aromatic N) is 1. The van der Waals surface area contributed by atoms with Crippen LogP contribution in [-0.4, -0.2) is 4.98 Å². The second-order valence-corrected chi connectivity index (χ2v) is 11.2. The Morgan fingerprint density at radius 1 is 0.500 bits per heavy atom. The molecule has 190 valence electrons. The molecule has 0 atom stereocenters. The molecule has 0 saturated carbocycles. The zero-order valence-corrected chi connectivity index (χ0v) is 22.5. The molecule has 0 spiro atoms. The quantitative estimate of drug-likeness (QED) is 0.235. The maximum Gasteiger partial charge on any atom is 0.143 e. The lowest BCUT2D eigenvalue weighted by atomic mass is 9.82. The van der Waals surface area contributed by atoms with Crippen molar-refractivity contribution in [2.24, 2.45) is 0 Å². The molecular weight excluding hydrogens is 486 g/mol. The summed E-state index contributed by atoms with van der Waals surface area (Å²) in [7, 11) is 0. The number of benzene rings is 5. The van der Waals surface area contributed by atoms with E-state index in [0.717, 1.165) is 49.8 Å². The highest BCUT2D eigenvalue weighted by Gasteiger charge is 2.36. The van der Waals surface area contributed by atoms with Gasteiger partial charge in [0, 0.05) is 39.7 Å². The number of para-hydroxylation sites is 2. The first kappa shape index (κ1) is 23.0. The molecule has 0 saturated heterocycles. The Labute approximate surface area is 233 Å². The summed E-state index contributed by atoms with van der Waals surface area (Å²) < 4.78 is 6.83. The van der Waals surface area contributed by atoms with Crippen molar-refractivity contribution in [1.29, 1.82) is 0 Å². The van der Waals surface area contributed by atoms with Crippen molar-refractivity contribution in [3.8, 4) is 44.5 Å². The molecule has 2 nitrogen and oxygen atoms in total. The molecule has 0 bridgehead atoms. The van der Waals surface area contributed by atoms with Crippen molar-refractivity contribution >= 4 is 21.9 Å². The second kappa shape index (κ2) is 8.53. The fourth-order valence-electron chi connectivity index (χ4n) is 6.61. The minimum atomic E-state index is -0.0428. The van der Waals surface area contributed by atoms with Crippen LogP contribution < -0.4 is 0 Å². The number of rotatable bonds is 3. The van der Waals surface area contributed by atoms with Gasteiger partial charge in [-0.1, -0.05) is 123 Å². The Morgan fingerprint density at radius 3 is 1.90 bits per heavy atom. The monoisotopic (exact) mass is 513 g/mol. The fourth-order valence-corrected chi connectivity index (χ4v) is 6.61. The molecule has 0 N–H and O–H groups in total. The van der Waals surface area contributed by atoms with E-state index in [0.29, 0.717) is 0 Å². The Bertz CT molecular complexity index is 2060. The van der Waals surface area contributed by atoms with Crippen LogP contribution in [0.1, 0.15) is 25.0 Å². The third-order valence-corrected chi connectivity index (χ3v) is 8.61. The average molecular weight is 514 g/mol. The molecule has 7 aromatic rings. The highest BCUT2D eigenvalue weighted by Crippen LogP contribution is 2.53. The van der Waals surface area contributed by atoms with E-state index in [1.165, 1.54) is 27.8 Å². The zero-order valence-electron chi connectivity index (χ0n) is 22.5. The van der Waals surface area contributed by atoms with Crippen molar-refractivity contribution in [3.63, 3.8) is 0 Å². The Kier molecular flexibility index (Phi) is 4.90. The van der Waals surface area contributed by atoms with Crippen LogP contribution in [0.3, 0.4) is 0 Å². The third-order valence-electron chi connectivity index (χ3n) is 8.61. The first-order chi connectivity index (χ1) is 19.6. The van der Waals surface area contributed by atoms with Crippen molar-refractivity contribution in [2.45, 2.75) is 19.3 Å². The molecule has 1 aliphatic carbocycles. The predicted molar refractivity (Wildman–Crippen MR) is 165 cm³/mol. The number of hydrogen-bond acceptors (Lipinski definition) is 2. The van der Waals surface area contributed by atoms with Crippen LogP contribution in [0.2, 0.25) is 0 Å². The van der Waals surface area contributed by atoms with Gasteiger partial charge < -0.3 is 4.42 Å². The SMILES string of the molecule is CC1(C)c2ccccc2-c2c(-c3cccc4c3oc3c(-c5ccc(-c6cccnc6)cc5)cccc34)cccc21. The van der Waals surface area contributed by atoms with Gasteiger partial charge in [0.25, 0.3) is 0 Å². The molecule has 40 heavy (non-hydrogen) atoms. The van der Waals surface area contributed by atoms with E-state index in [1.54, 1.807) is 6.20 Å². The van der Waals surface area contributed by atoms with Crippen LogP contribution in [0.5, 0.6) is 0 Å². The van der Waals surface area contributed by atoms with E-state index >= 15 is 0 Å².